The van der Waals surface area contributed by atoms with Crippen LogP contribution in [0.2, 0.25) is 5.02 Å². The third-order valence-electron chi connectivity index (χ3n) is 3.09. The standard InChI is InChI=1S/C11H10ClFN2.C2H6/c1-6-7-5-14-15-9(7)4-8(12)10(6)11(13)2-3-11;1-2/h4-5H,2-3H2,1H3,(H,14,15);1-2H3. The summed E-state index contributed by atoms with van der Waals surface area (Å²) in [5.41, 5.74) is 1.24. The Morgan fingerprint density at radius 1 is 1.41 bits per heavy atom. The molecular formula is C13H16ClFN2. The van der Waals surface area contributed by atoms with E-state index in [0.29, 0.717) is 23.4 Å². The van der Waals surface area contributed by atoms with Gasteiger partial charge in [-0.05, 0) is 31.4 Å². The smallest absolute Gasteiger partial charge is 0.138 e. The van der Waals surface area contributed by atoms with E-state index in [9.17, 15) is 4.39 Å². The second kappa shape index (κ2) is 4.30. The van der Waals surface area contributed by atoms with Gasteiger partial charge in [-0.15, -0.1) is 0 Å². The Kier molecular flexibility index (Phi) is 3.13. The van der Waals surface area contributed by atoms with Crippen LogP contribution in [0.5, 0.6) is 0 Å². The van der Waals surface area contributed by atoms with Crippen LogP contribution in [0.3, 0.4) is 0 Å². The summed E-state index contributed by atoms with van der Waals surface area (Å²) in [5, 5.41) is 8.24. The lowest BCUT2D eigenvalue weighted by Gasteiger charge is -2.12. The third kappa shape index (κ3) is 1.93. The molecule has 1 saturated carbocycles. The number of benzene rings is 1. The second-order valence-electron chi connectivity index (χ2n) is 4.15. The molecule has 17 heavy (non-hydrogen) atoms. The van der Waals surface area contributed by atoms with Gasteiger partial charge >= 0.3 is 0 Å². The molecule has 1 aliphatic rings. The van der Waals surface area contributed by atoms with Crippen LogP contribution in [0.25, 0.3) is 10.9 Å². The van der Waals surface area contributed by atoms with Gasteiger partial charge in [0.1, 0.15) is 5.67 Å². The minimum atomic E-state index is -1.19. The molecule has 0 amide bonds. The lowest BCUT2D eigenvalue weighted by atomic mass is 9.99. The van der Waals surface area contributed by atoms with Gasteiger partial charge in [0.05, 0.1) is 11.7 Å². The maximum absolute atomic E-state index is 14.1. The van der Waals surface area contributed by atoms with E-state index < -0.39 is 5.67 Å². The Labute approximate surface area is 105 Å². The Morgan fingerprint density at radius 2 is 2.06 bits per heavy atom. The highest BCUT2D eigenvalue weighted by Crippen LogP contribution is 2.53. The first-order chi connectivity index (χ1) is 8.12. The van der Waals surface area contributed by atoms with Crippen molar-refractivity contribution < 1.29 is 4.39 Å². The highest BCUT2D eigenvalue weighted by atomic mass is 35.5. The molecule has 1 aromatic heterocycles. The van der Waals surface area contributed by atoms with Gasteiger partial charge < -0.3 is 0 Å². The van der Waals surface area contributed by atoms with Gasteiger partial charge in [-0.25, -0.2) is 4.39 Å². The van der Waals surface area contributed by atoms with E-state index in [0.717, 1.165) is 16.5 Å². The number of hydrogen-bond donors (Lipinski definition) is 1. The maximum Gasteiger partial charge on any atom is 0.138 e. The number of nitrogens with one attached hydrogen (secondary N) is 1. The van der Waals surface area contributed by atoms with E-state index in [4.69, 9.17) is 11.6 Å². The van der Waals surface area contributed by atoms with Crippen molar-refractivity contribution in [3.05, 3.63) is 28.4 Å². The Balaban J connectivity index is 0.000000514. The van der Waals surface area contributed by atoms with Crippen molar-refractivity contribution in [2.75, 3.05) is 0 Å². The van der Waals surface area contributed by atoms with E-state index in [1.54, 1.807) is 12.3 Å². The zero-order valence-electron chi connectivity index (χ0n) is 10.3. The summed E-state index contributed by atoms with van der Waals surface area (Å²) in [4.78, 5) is 0. The first-order valence-corrected chi connectivity index (χ1v) is 6.31. The van der Waals surface area contributed by atoms with Gasteiger partial charge in [-0.3, -0.25) is 5.10 Å². The molecule has 1 N–H and O–H groups in total. The number of halogens is 2. The van der Waals surface area contributed by atoms with Crippen molar-refractivity contribution in [1.29, 1.82) is 0 Å². The van der Waals surface area contributed by atoms with Crippen LogP contribution in [-0.2, 0) is 5.67 Å². The molecule has 0 spiro atoms. The van der Waals surface area contributed by atoms with Crippen LogP contribution in [-0.4, -0.2) is 10.2 Å². The van der Waals surface area contributed by atoms with Crippen LogP contribution < -0.4 is 0 Å². The lowest BCUT2D eigenvalue weighted by Crippen LogP contribution is -2.02. The van der Waals surface area contributed by atoms with E-state index in [-0.39, 0.29) is 0 Å². The number of aromatic amines is 1. The normalized spacial score (nSPS) is 16.5. The average Bonchev–Trinajstić information content (AvgIpc) is 2.87. The molecular weight excluding hydrogens is 239 g/mol. The minimum Gasteiger partial charge on any atom is -0.278 e. The number of rotatable bonds is 1. The number of H-pyrrole nitrogens is 1. The van der Waals surface area contributed by atoms with Crippen molar-refractivity contribution in [3.8, 4) is 0 Å². The van der Waals surface area contributed by atoms with Gasteiger partial charge in [0.2, 0.25) is 0 Å². The van der Waals surface area contributed by atoms with Gasteiger partial charge in [-0.1, -0.05) is 25.4 Å². The predicted molar refractivity (Wildman–Crippen MR) is 69.2 cm³/mol. The molecule has 1 fully saturated rings. The summed E-state index contributed by atoms with van der Waals surface area (Å²) in [6, 6.07) is 1.76. The Bertz CT molecular complexity index is 544. The molecule has 1 aliphatic carbocycles. The van der Waals surface area contributed by atoms with E-state index in [2.05, 4.69) is 10.2 Å². The number of aryl methyl sites for hydroxylation is 1. The monoisotopic (exact) mass is 254 g/mol. The van der Waals surface area contributed by atoms with Gasteiger partial charge in [-0.2, -0.15) is 5.10 Å². The number of aromatic nitrogens is 2. The molecule has 4 heteroatoms. The largest absolute Gasteiger partial charge is 0.278 e. The average molecular weight is 255 g/mol. The molecule has 2 nitrogen and oxygen atoms in total. The molecule has 0 bridgehead atoms. The first kappa shape index (κ1) is 12.4. The number of fused-ring (bicyclic) bond motifs is 1. The predicted octanol–water partition coefficient (Wildman–Crippen LogP) is 4.51. The van der Waals surface area contributed by atoms with Crippen molar-refractivity contribution in [1.82, 2.24) is 10.2 Å². The first-order valence-electron chi connectivity index (χ1n) is 5.93. The van der Waals surface area contributed by atoms with Crippen LogP contribution in [0, 0.1) is 6.92 Å². The van der Waals surface area contributed by atoms with E-state index in [1.807, 2.05) is 20.8 Å². The summed E-state index contributed by atoms with van der Waals surface area (Å²) in [6.45, 7) is 5.90. The molecule has 92 valence electrons. The fourth-order valence-electron chi connectivity index (χ4n) is 2.13. The molecule has 0 unspecified atom stereocenters. The van der Waals surface area contributed by atoms with Crippen LogP contribution in [0.4, 0.5) is 4.39 Å². The quantitative estimate of drug-likeness (QED) is 0.797. The van der Waals surface area contributed by atoms with Crippen molar-refractivity contribution in [3.63, 3.8) is 0 Å². The van der Waals surface area contributed by atoms with Crippen molar-refractivity contribution in [2.45, 2.75) is 39.3 Å². The zero-order chi connectivity index (χ0) is 12.6. The second-order valence-corrected chi connectivity index (χ2v) is 4.56. The van der Waals surface area contributed by atoms with Crippen LogP contribution in [0.1, 0.15) is 37.8 Å². The maximum atomic E-state index is 14.1. The molecule has 3 rings (SSSR count). The zero-order valence-corrected chi connectivity index (χ0v) is 11.0. The van der Waals surface area contributed by atoms with E-state index in [1.165, 1.54) is 0 Å². The molecule has 0 radical (unpaired) electrons. The molecule has 0 aliphatic heterocycles. The fraction of sp³-hybridized carbons (Fsp3) is 0.462. The fourth-order valence-corrected chi connectivity index (χ4v) is 2.55. The minimum absolute atomic E-state index is 0.504. The SMILES string of the molecule is CC.Cc1c(C2(F)CC2)c(Cl)cc2[nH]ncc12. The molecule has 1 heterocycles. The lowest BCUT2D eigenvalue weighted by molar-refractivity contribution is 0.316. The molecule has 0 atom stereocenters. The summed E-state index contributed by atoms with van der Waals surface area (Å²) in [7, 11) is 0. The summed E-state index contributed by atoms with van der Waals surface area (Å²) in [6.07, 6.45) is 2.88. The number of nitrogens with zero attached hydrogens (tertiary/aromatic N) is 1. The van der Waals surface area contributed by atoms with Crippen LogP contribution in [0.15, 0.2) is 12.3 Å². The summed E-state index contributed by atoms with van der Waals surface area (Å²) in [5.74, 6) is 0. The molecule has 2 aromatic rings. The number of alkyl halides is 1. The topological polar surface area (TPSA) is 28.7 Å². The van der Waals surface area contributed by atoms with Gasteiger partial charge in [0.25, 0.3) is 0 Å². The Morgan fingerprint density at radius 3 is 2.65 bits per heavy atom. The number of hydrogen-bond acceptors (Lipinski definition) is 1. The molecule has 1 aromatic carbocycles. The third-order valence-corrected chi connectivity index (χ3v) is 3.39. The Hall–Kier alpha value is -1.09. The summed E-state index contributed by atoms with van der Waals surface area (Å²) >= 11 is 6.10. The van der Waals surface area contributed by atoms with Gasteiger partial charge in [0.15, 0.2) is 0 Å². The van der Waals surface area contributed by atoms with Crippen LogP contribution >= 0.6 is 11.6 Å². The summed E-state index contributed by atoms with van der Waals surface area (Å²) < 4.78 is 14.1. The van der Waals surface area contributed by atoms with Crippen molar-refractivity contribution in [2.24, 2.45) is 0 Å². The highest BCUT2D eigenvalue weighted by molar-refractivity contribution is 6.32. The van der Waals surface area contributed by atoms with Crippen molar-refractivity contribution >= 4 is 22.5 Å². The highest BCUT2D eigenvalue weighted by Gasteiger charge is 2.47. The van der Waals surface area contributed by atoms with E-state index >= 15 is 0 Å². The van der Waals surface area contributed by atoms with Gasteiger partial charge in [0, 0.05) is 16.0 Å². The molecule has 0 saturated heterocycles.